The fraction of sp³-hybridized carbons (Fsp3) is 0.258. The Kier molecular flexibility index (Phi) is 12.6. The summed E-state index contributed by atoms with van der Waals surface area (Å²) in [5, 5.41) is 20.6. The number of ether oxygens (including phenoxy) is 1. The number of rotatable bonds is 14. The van der Waals surface area contributed by atoms with Crippen molar-refractivity contribution >= 4 is 52.9 Å². The highest BCUT2D eigenvalue weighted by Crippen LogP contribution is 2.17. The molecule has 43 heavy (non-hydrogen) atoms. The molecule has 0 heterocycles. The van der Waals surface area contributed by atoms with E-state index in [0.717, 1.165) is 0 Å². The maximum absolute atomic E-state index is 13.0. The van der Waals surface area contributed by atoms with Gasteiger partial charge in [-0.25, -0.2) is 9.59 Å². The lowest BCUT2D eigenvalue weighted by Gasteiger charge is -2.20. The Hall–Kier alpha value is -4.84. The molecule has 12 heteroatoms. The van der Waals surface area contributed by atoms with Crippen molar-refractivity contribution < 1.29 is 33.8 Å². The van der Waals surface area contributed by atoms with Gasteiger partial charge in [0.25, 0.3) is 0 Å². The van der Waals surface area contributed by atoms with Crippen molar-refractivity contribution in [2.24, 2.45) is 0 Å². The molecule has 0 saturated heterocycles. The van der Waals surface area contributed by atoms with Gasteiger partial charge in [-0.1, -0.05) is 42.5 Å². The lowest BCUT2D eigenvalue weighted by Crippen LogP contribution is -2.48. The van der Waals surface area contributed by atoms with Crippen molar-refractivity contribution in [3.63, 3.8) is 0 Å². The number of benzene rings is 3. The molecule has 0 spiro atoms. The van der Waals surface area contributed by atoms with Crippen molar-refractivity contribution in [1.82, 2.24) is 10.6 Å². The maximum Gasteiger partial charge on any atom is 0.337 e. The third kappa shape index (κ3) is 10.5. The summed E-state index contributed by atoms with van der Waals surface area (Å²) in [4.78, 5) is 61.7. The fourth-order valence-electron chi connectivity index (χ4n) is 4.10. The Morgan fingerprint density at radius 3 is 2.07 bits per heavy atom. The average molecular weight is 607 g/mol. The number of carboxylic acid groups (broad SMARTS) is 1. The number of thioether (sulfide) groups is 1. The van der Waals surface area contributed by atoms with Crippen LogP contribution in [0.15, 0.2) is 78.9 Å². The van der Waals surface area contributed by atoms with Crippen molar-refractivity contribution in [3.05, 3.63) is 95.6 Å². The first-order valence-electron chi connectivity index (χ1n) is 13.4. The van der Waals surface area contributed by atoms with E-state index in [0.29, 0.717) is 34.7 Å². The number of hydrogen-bond donors (Lipinski definition) is 5. The third-order valence-electron chi connectivity index (χ3n) is 6.38. The summed E-state index contributed by atoms with van der Waals surface area (Å²) < 4.78 is 4.66. The molecule has 0 aliphatic carbocycles. The number of methoxy groups -OCH3 is 1. The molecule has 226 valence electrons. The molecule has 4 amide bonds. The van der Waals surface area contributed by atoms with Crippen LogP contribution in [0, 0.1) is 0 Å². The van der Waals surface area contributed by atoms with Gasteiger partial charge in [-0.3, -0.25) is 14.4 Å². The number of carbonyl (C=O) groups is 5. The van der Waals surface area contributed by atoms with Gasteiger partial charge in [0.15, 0.2) is 0 Å². The second-order valence-corrected chi connectivity index (χ2v) is 10.5. The van der Waals surface area contributed by atoms with Crippen LogP contribution in [0.25, 0.3) is 0 Å². The number of carboxylic acids is 1. The number of anilines is 2. The van der Waals surface area contributed by atoms with E-state index >= 15 is 0 Å². The Bertz CT molecular complexity index is 1400. The lowest BCUT2D eigenvalue weighted by atomic mass is 9.97. The quantitative estimate of drug-likeness (QED) is 0.173. The first kappa shape index (κ1) is 32.7. The Morgan fingerprint density at radius 2 is 1.49 bits per heavy atom. The van der Waals surface area contributed by atoms with E-state index in [-0.39, 0.29) is 24.4 Å². The van der Waals surface area contributed by atoms with Crippen LogP contribution in [0.5, 0.6) is 0 Å². The zero-order valence-corrected chi connectivity index (χ0v) is 24.6. The van der Waals surface area contributed by atoms with Crippen LogP contribution in [0.4, 0.5) is 16.2 Å². The lowest BCUT2D eigenvalue weighted by molar-refractivity contribution is -0.139. The van der Waals surface area contributed by atoms with E-state index in [4.69, 9.17) is 0 Å². The highest BCUT2D eigenvalue weighted by molar-refractivity contribution is 7.98. The van der Waals surface area contributed by atoms with Crippen LogP contribution in [-0.2, 0) is 25.5 Å². The summed E-state index contributed by atoms with van der Waals surface area (Å²) in [6, 6.07) is 20.4. The standard InChI is InChI=1S/C31H34N4O7S/c1-42-30(40)22-12-10-21(11-13-22)25(29(38)39)19-32-28(37)26(16-17-43-2)35-27(36)18-20-8-14-24(15-9-20)34-31(41)33-23-6-4-3-5-7-23/h3-15,25-26H,16-19H2,1-2H3,(H,32,37)(H,35,36)(H,38,39)(H2,33,34,41)/t25-,26+/m1/s1. The fourth-order valence-corrected chi connectivity index (χ4v) is 4.57. The molecule has 0 bridgehead atoms. The summed E-state index contributed by atoms with van der Waals surface area (Å²) in [5.74, 6) is -3.03. The summed E-state index contributed by atoms with van der Waals surface area (Å²) in [6.07, 6.45) is 2.23. The molecule has 0 aliphatic rings. The van der Waals surface area contributed by atoms with Crippen LogP contribution < -0.4 is 21.3 Å². The van der Waals surface area contributed by atoms with E-state index in [9.17, 15) is 29.1 Å². The normalized spacial score (nSPS) is 11.9. The summed E-state index contributed by atoms with van der Waals surface area (Å²) in [6.45, 7) is -0.205. The molecule has 11 nitrogen and oxygen atoms in total. The molecule has 5 N–H and O–H groups in total. The van der Waals surface area contributed by atoms with Gasteiger partial charge in [-0.05, 0) is 66.0 Å². The minimum absolute atomic E-state index is 0.00380. The maximum atomic E-state index is 13.0. The second kappa shape index (κ2) is 16.6. The second-order valence-electron chi connectivity index (χ2n) is 9.47. The van der Waals surface area contributed by atoms with Crippen LogP contribution in [0.2, 0.25) is 0 Å². The predicted octanol–water partition coefficient (Wildman–Crippen LogP) is 3.88. The predicted molar refractivity (Wildman–Crippen MR) is 165 cm³/mol. The number of aliphatic carboxylic acids is 1. The number of amides is 4. The van der Waals surface area contributed by atoms with Crippen molar-refractivity contribution in [3.8, 4) is 0 Å². The molecule has 2 atom stereocenters. The summed E-state index contributed by atoms with van der Waals surface area (Å²) >= 11 is 1.51. The van der Waals surface area contributed by atoms with Gasteiger partial charge in [0, 0.05) is 17.9 Å². The molecule has 0 unspecified atom stereocenters. The number of urea groups is 1. The van der Waals surface area contributed by atoms with Crippen LogP contribution >= 0.6 is 11.8 Å². The SMILES string of the molecule is COC(=O)c1ccc([C@@H](CNC(=O)[C@H](CCSC)NC(=O)Cc2ccc(NC(=O)Nc3ccccc3)cc2)C(=O)O)cc1. The van der Waals surface area contributed by atoms with E-state index in [1.165, 1.54) is 43.1 Å². The number of para-hydroxylation sites is 1. The van der Waals surface area contributed by atoms with Gasteiger partial charge < -0.3 is 31.1 Å². The van der Waals surface area contributed by atoms with Gasteiger partial charge >= 0.3 is 18.0 Å². The topological polar surface area (TPSA) is 163 Å². The zero-order chi connectivity index (χ0) is 31.2. The largest absolute Gasteiger partial charge is 0.481 e. The molecular formula is C31H34N4O7S. The van der Waals surface area contributed by atoms with E-state index in [1.807, 2.05) is 24.5 Å². The molecular weight excluding hydrogens is 572 g/mol. The summed E-state index contributed by atoms with van der Waals surface area (Å²) in [7, 11) is 1.25. The highest BCUT2D eigenvalue weighted by Gasteiger charge is 2.25. The van der Waals surface area contributed by atoms with Crippen LogP contribution in [0.1, 0.15) is 33.8 Å². The minimum atomic E-state index is -1.15. The minimum Gasteiger partial charge on any atom is -0.481 e. The Morgan fingerprint density at radius 1 is 0.860 bits per heavy atom. The van der Waals surface area contributed by atoms with Gasteiger partial charge in [-0.2, -0.15) is 11.8 Å². The van der Waals surface area contributed by atoms with E-state index < -0.39 is 35.8 Å². The van der Waals surface area contributed by atoms with Gasteiger partial charge in [-0.15, -0.1) is 0 Å². The number of nitrogens with one attached hydrogen (secondary N) is 4. The molecule has 0 aromatic heterocycles. The average Bonchev–Trinajstić information content (AvgIpc) is 3.00. The Labute approximate surface area is 253 Å². The van der Waals surface area contributed by atoms with Crippen molar-refractivity contribution in [1.29, 1.82) is 0 Å². The monoisotopic (exact) mass is 606 g/mol. The van der Waals surface area contributed by atoms with Crippen molar-refractivity contribution in [2.45, 2.75) is 24.8 Å². The summed E-state index contributed by atoms with van der Waals surface area (Å²) in [5.41, 5.74) is 2.56. The number of carbonyl (C=O) groups excluding carboxylic acids is 4. The molecule has 0 saturated carbocycles. The highest BCUT2D eigenvalue weighted by atomic mass is 32.2. The third-order valence-corrected chi connectivity index (χ3v) is 7.03. The number of esters is 1. The zero-order valence-electron chi connectivity index (χ0n) is 23.8. The van der Waals surface area contributed by atoms with Crippen LogP contribution in [0.3, 0.4) is 0 Å². The van der Waals surface area contributed by atoms with Crippen LogP contribution in [-0.4, -0.2) is 66.6 Å². The Balaban J connectivity index is 1.55. The van der Waals surface area contributed by atoms with E-state index in [1.54, 1.807) is 36.4 Å². The molecule has 3 aromatic rings. The van der Waals surface area contributed by atoms with Gasteiger partial charge in [0.2, 0.25) is 11.8 Å². The van der Waals surface area contributed by atoms with Gasteiger partial charge in [0.05, 0.1) is 25.0 Å². The smallest absolute Gasteiger partial charge is 0.337 e. The van der Waals surface area contributed by atoms with Gasteiger partial charge in [0.1, 0.15) is 6.04 Å². The molecule has 0 radical (unpaired) electrons. The first-order valence-corrected chi connectivity index (χ1v) is 14.8. The number of hydrogen-bond acceptors (Lipinski definition) is 7. The molecule has 3 aromatic carbocycles. The first-order chi connectivity index (χ1) is 20.7. The van der Waals surface area contributed by atoms with Crippen molar-refractivity contribution in [2.75, 3.05) is 36.3 Å². The molecule has 0 aliphatic heterocycles. The van der Waals surface area contributed by atoms with E-state index in [2.05, 4.69) is 26.0 Å². The molecule has 3 rings (SSSR count). The molecule has 0 fully saturated rings.